The minimum absolute atomic E-state index is 0.0686. The number of thiophene rings is 1. The van der Waals surface area contributed by atoms with E-state index in [9.17, 15) is 4.79 Å². The number of hydrogen-bond acceptors (Lipinski definition) is 4. The lowest BCUT2D eigenvalue weighted by Crippen LogP contribution is -2.40. The van der Waals surface area contributed by atoms with Crippen LogP contribution in [0.2, 0.25) is 0 Å². The number of rotatable bonds is 4. The Morgan fingerprint density at radius 3 is 2.48 bits per heavy atom. The predicted octanol–water partition coefficient (Wildman–Crippen LogP) is 4.80. The van der Waals surface area contributed by atoms with E-state index in [-0.39, 0.29) is 12.2 Å². The van der Waals surface area contributed by atoms with Crippen molar-refractivity contribution in [2.24, 2.45) is 5.92 Å². The molecule has 3 heterocycles. The molecule has 142 valence electrons. The van der Waals surface area contributed by atoms with Gasteiger partial charge in [0.1, 0.15) is 0 Å². The fraction of sp³-hybridized carbons (Fsp3) is 0.381. The average Bonchev–Trinajstić information content (AvgIpc) is 3.39. The molecule has 4 nitrogen and oxygen atoms in total. The highest BCUT2D eigenvalue weighted by atomic mass is 79.9. The van der Waals surface area contributed by atoms with Crippen molar-refractivity contribution < 1.29 is 14.3 Å². The van der Waals surface area contributed by atoms with Gasteiger partial charge in [-0.25, -0.2) is 0 Å². The molecule has 0 saturated carbocycles. The second-order valence-corrected chi connectivity index (χ2v) is 8.85. The molecule has 1 amide bonds. The lowest BCUT2D eigenvalue weighted by Gasteiger charge is -2.33. The molecule has 0 aliphatic carbocycles. The van der Waals surface area contributed by atoms with E-state index in [1.54, 1.807) is 17.4 Å². The van der Waals surface area contributed by atoms with Gasteiger partial charge in [-0.05, 0) is 48.7 Å². The molecule has 0 atom stereocenters. The van der Waals surface area contributed by atoms with E-state index in [2.05, 4.69) is 40.2 Å². The van der Waals surface area contributed by atoms with Gasteiger partial charge in [0.2, 0.25) is 5.91 Å². The summed E-state index contributed by atoms with van der Waals surface area (Å²) in [5, 5.41) is 0. The van der Waals surface area contributed by atoms with Crippen LogP contribution in [0.15, 0.2) is 46.9 Å². The number of nitrogens with zero attached hydrogens (tertiary/aromatic N) is 1. The van der Waals surface area contributed by atoms with E-state index in [0.717, 1.165) is 35.3 Å². The van der Waals surface area contributed by atoms with Crippen LogP contribution < -0.4 is 0 Å². The highest BCUT2D eigenvalue weighted by molar-refractivity contribution is 9.10. The van der Waals surface area contributed by atoms with E-state index in [4.69, 9.17) is 9.47 Å². The van der Waals surface area contributed by atoms with E-state index in [0.29, 0.717) is 19.1 Å². The first kappa shape index (κ1) is 18.9. The molecule has 4 rings (SSSR count). The summed E-state index contributed by atoms with van der Waals surface area (Å²) >= 11 is 5.15. The summed E-state index contributed by atoms with van der Waals surface area (Å²) in [6, 6.07) is 12.4. The summed E-state index contributed by atoms with van der Waals surface area (Å²) in [5.41, 5.74) is 1.19. The van der Waals surface area contributed by atoms with Gasteiger partial charge >= 0.3 is 0 Å². The van der Waals surface area contributed by atoms with Gasteiger partial charge in [-0.2, -0.15) is 0 Å². The summed E-state index contributed by atoms with van der Waals surface area (Å²) in [6.07, 6.45) is 5.43. The molecule has 1 aromatic heterocycles. The van der Waals surface area contributed by atoms with E-state index in [1.165, 1.54) is 10.4 Å². The Morgan fingerprint density at radius 1 is 1.07 bits per heavy atom. The molecule has 0 bridgehead atoms. The normalized spacial score (nSPS) is 19.2. The van der Waals surface area contributed by atoms with Crippen LogP contribution in [-0.2, 0) is 14.3 Å². The molecular formula is C21H22BrNO3S. The topological polar surface area (TPSA) is 38.8 Å². The molecule has 0 N–H and O–H groups in total. The SMILES string of the molecule is O=C(/C=C/c1ccc(-c2ccc(Br)cc2)s1)N1CCC(C2OCCO2)CC1. The van der Waals surface area contributed by atoms with Crippen LogP contribution in [0.4, 0.5) is 0 Å². The number of benzene rings is 1. The second-order valence-electron chi connectivity index (χ2n) is 6.81. The Kier molecular flexibility index (Phi) is 6.08. The minimum Gasteiger partial charge on any atom is -0.350 e. The van der Waals surface area contributed by atoms with Crippen LogP contribution in [0, 0.1) is 5.92 Å². The van der Waals surface area contributed by atoms with Gasteiger partial charge in [0, 0.05) is 39.3 Å². The van der Waals surface area contributed by atoms with Crippen LogP contribution >= 0.6 is 27.3 Å². The standard InChI is InChI=1S/C21H22BrNO3S/c22-17-3-1-15(2-4-17)19-7-5-18(27-19)6-8-20(24)23-11-9-16(10-12-23)21-25-13-14-26-21/h1-8,16,21H,9-14H2/b8-6+. The number of piperidine rings is 1. The van der Waals surface area contributed by atoms with Crippen LogP contribution in [0.1, 0.15) is 17.7 Å². The molecule has 6 heteroatoms. The lowest BCUT2D eigenvalue weighted by atomic mass is 9.96. The van der Waals surface area contributed by atoms with E-state index < -0.39 is 0 Å². The molecule has 2 saturated heterocycles. The summed E-state index contributed by atoms with van der Waals surface area (Å²) in [5.74, 6) is 0.492. The maximum Gasteiger partial charge on any atom is 0.246 e. The van der Waals surface area contributed by atoms with Gasteiger partial charge in [-0.15, -0.1) is 11.3 Å². The van der Waals surface area contributed by atoms with Crippen molar-refractivity contribution in [1.29, 1.82) is 0 Å². The Morgan fingerprint density at radius 2 is 1.78 bits per heavy atom. The monoisotopic (exact) mass is 447 g/mol. The van der Waals surface area contributed by atoms with Gasteiger partial charge in [0.15, 0.2) is 6.29 Å². The third kappa shape index (κ3) is 4.69. The first-order valence-corrected chi connectivity index (χ1v) is 10.9. The van der Waals surface area contributed by atoms with Crippen molar-refractivity contribution in [2.45, 2.75) is 19.1 Å². The zero-order chi connectivity index (χ0) is 18.6. The number of likely N-dealkylation sites (tertiary alicyclic amines) is 1. The van der Waals surface area contributed by atoms with E-state index >= 15 is 0 Å². The van der Waals surface area contributed by atoms with Gasteiger partial charge in [-0.3, -0.25) is 4.79 Å². The zero-order valence-electron chi connectivity index (χ0n) is 15.0. The Hall–Kier alpha value is -1.47. The van der Waals surface area contributed by atoms with Crippen molar-refractivity contribution in [3.63, 3.8) is 0 Å². The molecule has 0 unspecified atom stereocenters. The van der Waals surface area contributed by atoms with Crippen LogP contribution in [-0.4, -0.2) is 43.4 Å². The van der Waals surface area contributed by atoms with Crippen molar-refractivity contribution in [3.05, 3.63) is 51.8 Å². The molecule has 27 heavy (non-hydrogen) atoms. The first-order chi connectivity index (χ1) is 13.2. The summed E-state index contributed by atoms with van der Waals surface area (Å²) in [6.45, 7) is 2.92. The fourth-order valence-corrected chi connectivity index (χ4v) is 4.69. The average molecular weight is 448 g/mol. The highest BCUT2D eigenvalue weighted by Gasteiger charge is 2.31. The minimum atomic E-state index is -0.0686. The van der Waals surface area contributed by atoms with Crippen LogP contribution in [0.5, 0.6) is 0 Å². The van der Waals surface area contributed by atoms with Gasteiger partial charge in [0.25, 0.3) is 0 Å². The lowest BCUT2D eigenvalue weighted by molar-refractivity contribution is -0.131. The Bertz CT molecular complexity index is 803. The molecule has 2 aliphatic heterocycles. The molecule has 2 aliphatic rings. The number of amides is 1. The van der Waals surface area contributed by atoms with Crippen molar-refractivity contribution >= 4 is 39.2 Å². The largest absolute Gasteiger partial charge is 0.350 e. The van der Waals surface area contributed by atoms with Crippen LogP contribution in [0.25, 0.3) is 16.5 Å². The first-order valence-electron chi connectivity index (χ1n) is 9.25. The Balaban J connectivity index is 1.32. The van der Waals surface area contributed by atoms with Crippen molar-refractivity contribution in [3.8, 4) is 10.4 Å². The Labute approximate surface area is 171 Å². The number of carbonyl (C=O) groups excluding carboxylic acids is 1. The molecule has 0 spiro atoms. The predicted molar refractivity (Wildman–Crippen MR) is 111 cm³/mol. The smallest absolute Gasteiger partial charge is 0.246 e. The molecule has 2 aromatic rings. The summed E-state index contributed by atoms with van der Waals surface area (Å²) in [7, 11) is 0. The third-order valence-electron chi connectivity index (χ3n) is 5.03. The zero-order valence-corrected chi connectivity index (χ0v) is 17.4. The number of hydrogen-bond donors (Lipinski definition) is 0. The number of carbonyl (C=O) groups is 1. The molecular weight excluding hydrogens is 426 g/mol. The second kappa shape index (κ2) is 8.69. The van der Waals surface area contributed by atoms with E-state index in [1.807, 2.05) is 23.1 Å². The van der Waals surface area contributed by atoms with Crippen molar-refractivity contribution in [2.75, 3.05) is 26.3 Å². The van der Waals surface area contributed by atoms with Crippen LogP contribution in [0.3, 0.4) is 0 Å². The number of halogens is 1. The molecule has 1 aromatic carbocycles. The molecule has 0 radical (unpaired) electrons. The van der Waals surface area contributed by atoms with Gasteiger partial charge in [0.05, 0.1) is 13.2 Å². The summed E-state index contributed by atoms with van der Waals surface area (Å²) in [4.78, 5) is 16.7. The van der Waals surface area contributed by atoms with Crippen molar-refractivity contribution in [1.82, 2.24) is 4.90 Å². The quantitative estimate of drug-likeness (QED) is 0.631. The number of ether oxygens (including phenoxy) is 2. The van der Waals surface area contributed by atoms with Gasteiger partial charge in [-0.1, -0.05) is 28.1 Å². The third-order valence-corrected chi connectivity index (χ3v) is 6.66. The maximum absolute atomic E-state index is 12.5. The fourth-order valence-electron chi connectivity index (χ4n) is 3.51. The highest BCUT2D eigenvalue weighted by Crippen LogP contribution is 2.30. The van der Waals surface area contributed by atoms with Gasteiger partial charge < -0.3 is 14.4 Å². The summed E-state index contributed by atoms with van der Waals surface area (Å²) < 4.78 is 12.3. The maximum atomic E-state index is 12.5. The molecule has 2 fully saturated rings.